The summed E-state index contributed by atoms with van der Waals surface area (Å²) < 4.78 is 25.0. The molecule has 6 nitrogen and oxygen atoms in total. The van der Waals surface area contributed by atoms with Gasteiger partial charge in [0.2, 0.25) is 0 Å². The molecule has 112 valence electrons. The quantitative estimate of drug-likeness (QED) is 0.691. The number of fused-ring (bicyclic) bond motifs is 1. The number of methoxy groups -OCH3 is 1. The smallest absolute Gasteiger partial charge is 0.341 e. The number of benzene rings is 1. The molecule has 0 aliphatic rings. The van der Waals surface area contributed by atoms with Crippen molar-refractivity contribution in [1.29, 1.82) is 0 Å². The molecule has 3 rings (SSSR count). The van der Waals surface area contributed by atoms with E-state index >= 15 is 0 Å². The molecule has 0 spiro atoms. The zero-order chi connectivity index (χ0) is 15.5. The van der Waals surface area contributed by atoms with Crippen LogP contribution >= 0.6 is 0 Å². The number of para-hydroxylation sites is 1. The monoisotopic (exact) mass is 301 g/mol. The Balaban J connectivity index is 1.86. The average molecular weight is 301 g/mol. The van der Waals surface area contributed by atoms with Crippen molar-refractivity contribution in [3.05, 3.63) is 59.8 Å². The summed E-state index contributed by atoms with van der Waals surface area (Å²) >= 11 is 0. The zero-order valence-electron chi connectivity index (χ0n) is 11.7. The number of carbonyl (C=O) groups excluding carboxylic acids is 1. The van der Waals surface area contributed by atoms with Crippen LogP contribution in [0.1, 0.15) is 16.2 Å². The number of ether oxygens (including phenoxy) is 2. The molecule has 0 N–H and O–H groups in total. The Kier molecular flexibility index (Phi) is 3.69. The highest BCUT2D eigenvalue weighted by Gasteiger charge is 2.15. The summed E-state index contributed by atoms with van der Waals surface area (Å²) in [4.78, 5) is 15.9. The third-order valence-electron chi connectivity index (χ3n) is 3.00. The fourth-order valence-corrected chi connectivity index (χ4v) is 1.98. The third kappa shape index (κ3) is 2.60. The lowest BCUT2D eigenvalue weighted by molar-refractivity contribution is 0.0602. The van der Waals surface area contributed by atoms with Gasteiger partial charge in [0.25, 0.3) is 0 Å². The van der Waals surface area contributed by atoms with Crippen molar-refractivity contribution in [2.45, 2.75) is 6.61 Å². The zero-order valence-corrected chi connectivity index (χ0v) is 11.7. The van der Waals surface area contributed by atoms with Crippen molar-refractivity contribution in [2.75, 3.05) is 7.11 Å². The van der Waals surface area contributed by atoms with Gasteiger partial charge >= 0.3 is 5.97 Å². The summed E-state index contributed by atoms with van der Waals surface area (Å²) in [6.45, 7) is -0.0107. The number of pyridine rings is 1. The van der Waals surface area contributed by atoms with Crippen LogP contribution in [0.2, 0.25) is 0 Å². The van der Waals surface area contributed by atoms with Gasteiger partial charge in [-0.1, -0.05) is 12.1 Å². The fraction of sp³-hybridized carbons (Fsp3) is 0.133. The average Bonchev–Trinajstić information content (AvgIpc) is 2.96. The molecule has 0 radical (unpaired) electrons. The van der Waals surface area contributed by atoms with E-state index in [4.69, 9.17) is 9.47 Å². The second-order valence-corrected chi connectivity index (χ2v) is 4.43. The van der Waals surface area contributed by atoms with E-state index in [1.807, 2.05) is 0 Å². The Bertz CT molecular complexity index is 832. The molecular weight excluding hydrogens is 289 g/mol. The van der Waals surface area contributed by atoms with Crippen molar-refractivity contribution in [3.63, 3.8) is 0 Å². The van der Waals surface area contributed by atoms with E-state index < -0.39 is 11.8 Å². The standard InChI is InChI=1S/C15H12FN3O3/c1-21-15(20)10-5-4-8-19-14(10)17-13(18-19)9-22-12-7-3-2-6-11(12)16/h2-8H,9H2,1H3. The third-order valence-corrected chi connectivity index (χ3v) is 3.00. The lowest BCUT2D eigenvalue weighted by Gasteiger charge is -2.03. The molecule has 0 amide bonds. The van der Waals surface area contributed by atoms with Gasteiger partial charge in [-0.05, 0) is 24.3 Å². The second kappa shape index (κ2) is 5.80. The summed E-state index contributed by atoms with van der Waals surface area (Å²) in [5, 5.41) is 4.19. The van der Waals surface area contributed by atoms with E-state index in [9.17, 15) is 9.18 Å². The summed E-state index contributed by atoms with van der Waals surface area (Å²) in [6.07, 6.45) is 1.65. The Labute approximate surface area is 125 Å². The minimum absolute atomic E-state index is 0.0107. The van der Waals surface area contributed by atoms with E-state index in [-0.39, 0.29) is 12.4 Å². The summed E-state index contributed by atoms with van der Waals surface area (Å²) in [5.74, 6) is -0.504. The largest absolute Gasteiger partial charge is 0.482 e. The Morgan fingerprint density at radius 2 is 2.09 bits per heavy atom. The Hall–Kier alpha value is -2.96. The first-order valence-corrected chi connectivity index (χ1v) is 6.49. The van der Waals surface area contributed by atoms with Crippen LogP contribution < -0.4 is 4.74 Å². The second-order valence-electron chi connectivity index (χ2n) is 4.43. The van der Waals surface area contributed by atoms with Gasteiger partial charge in [-0.25, -0.2) is 18.7 Å². The SMILES string of the molecule is COC(=O)c1cccn2nc(COc3ccccc3F)nc12. The van der Waals surface area contributed by atoms with Crippen LogP contribution in [0.4, 0.5) is 4.39 Å². The first kappa shape index (κ1) is 14.0. The summed E-state index contributed by atoms with van der Waals surface area (Å²) in [7, 11) is 1.30. The maximum absolute atomic E-state index is 13.5. The van der Waals surface area contributed by atoms with Crippen molar-refractivity contribution in [2.24, 2.45) is 0 Å². The van der Waals surface area contributed by atoms with Crippen LogP contribution in [0.5, 0.6) is 5.75 Å². The van der Waals surface area contributed by atoms with Crippen LogP contribution in [-0.4, -0.2) is 27.7 Å². The van der Waals surface area contributed by atoms with Crippen molar-refractivity contribution in [1.82, 2.24) is 14.6 Å². The number of esters is 1. The van der Waals surface area contributed by atoms with Gasteiger partial charge < -0.3 is 9.47 Å². The molecule has 0 aliphatic carbocycles. The molecule has 0 fully saturated rings. The van der Waals surface area contributed by atoms with Gasteiger partial charge in [0.05, 0.1) is 7.11 Å². The van der Waals surface area contributed by atoms with Crippen molar-refractivity contribution < 1.29 is 18.7 Å². The maximum Gasteiger partial charge on any atom is 0.341 e. The van der Waals surface area contributed by atoms with Gasteiger partial charge in [-0.3, -0.25) is 0 Å². The molecule has 0 saturated carbocycles. The van der Waals surface area contributed by atoms with E-state index in [0.717, 1.165) is 0 Å². The van der Waals surface area contributed by atoms with Crippen LogP contribution in [0.25, 0.3) is 5.65 Å². The van der Waals surface area contributed by atoms with Crippen LogP contribution in [-0.2, 0) is 11.3 Å². The van der Waals surface area contributed by atoms with Gasteiger partial charge in [0.15, 0.2) is 23.0 Å². The number of hydrogen-bond donors (Lipinski definition) is 0. The molecule has 2 aromatic heterocycles. The highest BCUT2D eigenvalue weighted by Crippen LogP contribution is 2.17. The number of halogens is 1. The molecule has 0 saturated heterocycles. The lowest BCUT2D eigenvalue weighted by atomic mass is 10.3. The first-order chi connectivity index (χ1) is 10.7. The van der Waals surface area contributed by atoms with Gasteiger partial charge in [-0.2, -0.15) is 0 Å². The lowest BCUT2D eigenvalue weighted by Crippen LogP contribution is -2.04. The highest BCUT2D eigenvalue weighted by molar-refractivity contribution is 5.95. The minimum Gasteiger partial charge on any atom is -0.482 e. The summed E-state index contributed by atoms with van der Waals surface area (Å²) in [6, 6.07) is 9.33. The number of rotatable bonds is 4. The van der Waals surface area contributed by atoms with Crippen LogP contribution in [0, 0.1) is 5.82 Å². The normalized spacial score (nSPS) is 10.6. The van der Waals surface area contributed by atoms with E-state index in [2.05, 4.69) is 10.1 Å². The predicted molar refractivity (Wildman–Crippen MR) is 75.1 cm³/mol. The van der Waals surface area contributed by atoms with Crippen molar-refractivity contribution >= 4 is 11.6 Å². The Morgan fingerprint density at radius 1 is 1.27 bits per heavy atom. The first-order valence-electron chi connectivity index (χ1n) is 6.49. The van der Waals surface area contributed by atoms with Gasteiger partial charge in [0, 0.05) is 6.20 Å². The molecule has 22 heavy (non-hydrogen) atoms. The number of nitrogens with zero attached hydrogens (tertiary/aromatic N) is 3. The molecule has 0 aliphatic heterocycles. The molecule has 0 atom stereocenters. The van der Waals surface area contributed by atoms with Crippen molar-refractivity contribution in [3.8, 4) is 5.75 Å². The molecular formula is C15H12FN3O3. The molecule has 1 aromatic carbocycles. The Morgan fingerprint density at radius 3 is 2.86 bits per heavy atom. The van der Waals surface area contributed by atoms with Gasteiger partial charge in [0.1, 0.15) is 12.2 Å². The molecule has 2 heterocycles. The van der Waals surface area contributed by atoms with E-state index in [0.29, 0.717) is 17.0 Å². The van der Waals surface area contributed by atoms with E-state index in [1.54, 1.807) is 30.5 Å². The molecule has 7 heteroatoms. The maximum atomic E-state index is 13.5. The fourth-order valence-electron chi connectivity index (χ4n) is 1.98. The minimum atomic E-state index is -0.500. The van der Waals surface area contributed by atoms with Gasteiger partial charge in [-0.15, -0.1) is 5.10 Å². The van der Waals surface area contributed by atoms with Crippen LogP contribution in [0.15, 0.2) is 42.6 Å². The van der Waals surface area contributed by atoms with E-state index in [1.165, 1.54) is 23.8 Å². The topological polar surface area (TPSA) is 65.7 Å². The predicted octanol–water partition coefficient (Wildman–Crippen LogP) is 2.23. The number of hydrogen-bond acceptors (Lipinski definition) is 5. The number of carbonyl (C=O) groups is 1. The molecule has 0 unspecified atom stereocenters. The number of aromatic nitrogens is 3. The molecule has 0 bridgehead atoms. The van der Waals surface area contributed by atoms with Crippen LogP contribution in [0.3, 0.4) is 0 Å². The summed E-state index contributed by atoms with van der Waals surface area (Å²) in [5.41, 5.74) is 0.663. The highest BCUT2D eigenvalue weighted by atomic mass is 19.1. The molecule has 3 aromatic rings.